The van der Waals surface area contributed by atoms with Gasteiger partial charge in [0.2, 0.25) is 0 Å². The molecular formula is C34H69Na. The van der Waals surface area contributed by atoms with Gasteiger partial charge in [-0.3, -0.25) is 0 Å². The van der Waals surface area contributed by atoms with Gasteiger partial charge in [-0.05, 0) is 0 Å². The Hall–Kier alpha value is 1.00. The average Bonchev–Trinajstić information content (AvgIpc) is 2.87. The van der Waals surface area contributed by atoms with Crippen LogP contribution < -0.4 is 0 Å². The van der Waals surface area contributed by atoms with Crippen LogP contribution >= 0.6 is 0 Å². The van der Waals surface area contributed by atoms with Gasteiger partial charge in [0.25, 0.3) is 0 Å². The quantitative estimate of drug-likeness (QED) is 0.0636. The van der Waals surface area contributed by atoms with Gasteiger partial charge >= 0.3 is 102 Å². The average molecular weight is 501 g/mol. The second-order valence-corrected chi connectivity index (χ2v) is 13.0. The predicted octanol–water partition coefficient (Wildman–Crippen LogP) is 13.1. The van der Waals surface area contributed by atoms with E-state index in [1.54, 1.807) is 0 Å². The summed E-state index contributed by atoms with van der Waals surface area (Å²) >= 11 is 1.41. The van der Waals surface area contributed by atoms with E-state index in [0.717, 1.165) is 0 Å². The molecule has 0 saturated carbocycles. The molecule has 0 heterocycles. The van der Waals surface area contributed by atoms with Crippen molar-refractivity contribution in [1.82, 2.24) is 0 Å². The molecule has 0 amide bonds. The van der Waals surface area contributed by atoms with E-state index in [4.69, 9.17) is 0 Å². The van der Waals surface area contributed by atoms with Crippen molar-refractivity contribution in [2.24, 2.45) is 0 Å². The van der Waals surface area contributed by atoms with Crippen LogP contribution in [0.15, 0.2) is 0 Å². The fourth-order valence-corrected chi connectivity index (χ4v) is 6.13. The molecule has 0 atom stereocenters. The predicted molar refractivity (Wildman–Crippen MR) is 164 cm³/mol. The molecule has 0 rings (SSSR count). The zero-order valence-corrected chi connectivity index (χ0v) is 27.3. The first kappa shape index (κ1) is 36.0. The van der Waals surface area contributed by atoms with E-state index >= 15 is 0 Å². The van der Waals surface area contributed by atoms with Crippen LogP contribution in [0.4, 0.5) is 0 Å². The molecule has 0 N–H and O–H groups in total. The van der Waals surface area contributed by atoms with Crippen LogP contribution in [0.25, 0.3) is 0 Å². The summed E-state index contributed by atoms with van der Waals surface area (Å²) in [5, 5.41) is 0. The zero-order chi connectivity index (χ0) is 25.3. The van der Waals surface area contributed by atoms with Crippen LogP contribution in [0.3, 0.4) is 0 Å². The summed E-state index contributed by atoms with van der Waals surface area (Å²) < 4.78 is 1.51. The normalized spacial score (nSPS) is 11.5. The van der Waals surface area contributed by atoms with Crippen molar-refractivity contribution in [2.75, 3.05) is 0 Å². The van der Waals surface area contributed by atoms with Gasteiger partial charge in [0, 0.05) is 0 Å². The van der Waals surface area contributed by atoms with Crippen LogP contribution in [0.1, 0.15) is 212 Å². The van der Waals surface area contributed by atoms with Crippen molar-refractivity contribution in [3.05, 3.63) is 0 Å². The van der Waals surface area contributed by atoms with Gasteiger partial charge in [0.05, 0.1) is 0 Å². The van der Waals surface area contributed by atoms with E-state index in [9.17, 15) is 0 Å². The van der Waals surface area contributed by atoms with E-state index in [0.29, 0.717) is 0 Å². The summed E-state index contributed by atoms with van der Waals surface area (Å²) in [6.07, 6.45) is 47.7. The van der Waals surface area contributed by atoms with Gasteiger partial charge in [-0.15, -0.1) is 0 Å². The van der Waals surface area contributed by atoms with Gasteiger partial charge in [-0.2, -0.15) is 0 Å². The summed E-state index contributed by atoms with van der Waals surface area (Å²) in [7, 11) is 0. The summed E-state index contributed by atoms with van der Waals surface area (Å²) in [4.78, 5) is 0. The molecule has 1 heteroatoms. The first-order valence-corrected chi connectivity index (χ1v) is 18.8. The standard InChI is InChI=1S/C34H69.Na/c1-3-5-7-9-11-13-15-17-19-21-23-25-27-29-31-33-34-32-30-28-26-24-22-20-18-16-14-12-10-8-6-4-2;/h1,3-34H2,2H3;. The third-order valence-electron chi connectivity index (χ3n) is 8.21. The van der Waals surface area contributed by atoms with Gasteiger partial charge in [0.1, 0.15) is 0 Å². The molecule has 0 aliphatic heterocycles. The molecule has 0 radical (unpaired) electrons. The molecule has 206 valence electrons. The maximum atomic E-state index is 2.31. The van der Waals surface area contributed by atoms with Crippen LogP contribution in [0.2, 0.25) is 3.67 Å². The number of rotatable bonds is 32. The first-order chi connectivity index (χ1) is 17.4. The molecule has 0 fully saturated rings. The van der Waals surface area contributed by atoms with Crippen LogP contribution in [-0.4, -0.2) is 27.9 Å². The van der Waals surface area contributed by atoms with Crippen molar-refractivity contribution in [3.8, 4) is 0 Å². The number of unbranched alkanes of at least 4 members (excludes halogenated alkanes) is 31. The Bertz CT molecular complexity index is 307. The molecule has 0 aliphatic carbocycles. The SMILES string of the molecule is CCCCCCCCCCCCCCCCCCCCCCCCCCCCCCCCC[CH2][Na]. The van der Waals surface area contributed by atoms with E-state index in [1.165, 1.54) is 237 Å². The van der Waals surface area contributed by atoms with Crippen molar-refractivity contribution >= 4 is 27.9 Å². The summed E-state index contributed by atoms with van der Waals surface area (Å²) in [6.45, 7) is 2.31. The van der Waals surface area contributed by atoms with Crippen LogP contribution in [-0.2, 0) is 0 Å². The second-order valence-electron chi connectivity index (χ2n) is 12.0. The van der Waals surface area contributed by atoms with E-state index in [-0.39, 0.29) is 0 Å². The van der Waals surface area contributed by atoms with Crippen molar-refractivity contribution in [3.63, 3.8) is 0 Å². The molecule has 0 spiro atoms. The Balaban J connectivity index is 3.00. The Morgan fingerprint density at radius 1 is 0.229 bits per heavy atom. The minimum atomic E-state index is 1.38. The molecule has 0 aliphatic rings. The molecule has 0 bridgehead atoms. The molecule has 0 aromatic carbocycles. The van der Waals surface area contributed by atoms with Gasteiger partial charge in [-0.1, -0.05) is 142 Å². The van der Waals surface area contributed by atoms with Crippen molar-refractivity contribution in [1.29, 1.82) is 0 Å². The molecule has 0 aromatic rings. The summed E-state index contributed by atoms with van der Waals surface area (Å²) in [5.74, 6) is 0. The Morgan fingerprint density at radius 3 is 0.514 bits per heavy atom. The second kappa shape index (κ2) is 35.0. The molecule has 0 saturated heterocycles. The minimum absolute atomic E-state index is 1.38. The monoisotopic (exact) mass is 501 g/mol. The topological polar surface area (TPSA) is 0 Å². The molecular weight excluding hydrogens is 431 g/mol. The number of hydrogen-bond acceptors (Lipinski definition) is 0. The van der Waals surface area contributed by atoms with E-state index in [2.05, 4.69) is 6.92 Å². The Labute approximate surface area is 242 Å². The number of hydrogen-bond donors (Lipinski definition) is 0. The third-order valence-corrected chi connectivity index (χ3v) is 8.91. The fraction of sp³-hybridized carbons (Fsp3) is 1.00. The Morgan fingerprint density at radius 2 is 0.371 bits per heavy atom. The van der Waals surface area contributed by atoms with Gasteiger partial charge in [0.15, 0.2) is 0 Å². The molecule has 35 heavy (non-hydrogen) atoms. The van der Waals surface area contributed by atoms with E-state index in [1.807, 2.05) is 0 Å². The zero-order valence-electron chi connectivity index (χ0n) is 25.3. The van der Waals surface area contributed by atoms with Crippen molar-refractivity contribution in [2.45, 2.75) is 216 Å². The molecule has 0 nitrogen and oxygen atoms in total. The first-order valence-electron chi connectivity index (χ1n) is 17.4. The summed E-state index contributed by atoms with van der Waals surface area (Å²) in [5.41, 5.74) is 0. The third kappa shape index (κ3) is 35.0. The van der Waals surface area contributed by atoms with Crippen LogP contribution in [0, 0.1) is 0 Å². The van der Waals surface area contributed by atoms with Crippen LogP contribution in [0.5, 0.6) is 0 Å². The van der Waals surface area contributed by atoms with Gasteiger partial charge < -0.3 is 0 Å². The fourth-order valence-electron chi connectivity index (χ4n) is 5.63. The molecule has 0 aromatic heterocycles. The molecule has 0 unspecified atom stereocenters. The maximum absolute atomic E-state index is 2.31. The van der Waals surface area contributed by atoms with E-state index < -0.39 is 0 Å². The van der Waals surface area contributed by atoms with Crippen molar-refractivity contribution < 1.29 is 0 Å². The summed E-state index contributed by atoms with van der Waals surface area (Å²) in [6, 6.07) is 0. The Kier molecular flexibility index (Phi) is 36.0. The van der Waals surface area contributed by atoms with Gasteiger partial charge in [-0.25, -0.2) is 0 Å².